The number of amides is 1. The van der Waals surface area contributed by atoms with Crippen molar-refractivity contribution in [3.05, 3.63) is 23.9 Å². The molecule has 1 aromatic rings. The minimum atomic E-state index is -0.304. The monoisotopic (exact) mass is 209 g/mol. The molecule has 0 saturated heterocycles. The summed E-state index contributed by atoms with van der Waals surface area (Å²) in [7, 11) is 0. The van der Waals surface area contributed by atoms with Gasteiger partial charge >= 0.3 is 0 Å². The first-order chi connectivity index (χ1) is 7.19. The van der Waals surface area contributed by atoms with E-state index in [4.69, 9.17) is 10.8 Å². The Morgan fingerprint density at radius 1 is 1.73 bits per heavy atom. The Morgan fingerprint density at radius 3 is 3.00 bits per heavy atom. The van der Waals surface area contributed by atoms with Gasteiger partial charge in [0, 0.05) is 6.20 Å². The first-order valence-electron chi connectivity index (χ1n) is 4.81. The fourth-order valence-corrected chi connectivity index (χ4v) is 1.15. The molecule has 5 nitrogen and oxygen atoms in total. The molecule has 0 saturated carbocycles. The van der Waals surface area contributed by atoms with Crippen LogP contribution >= 0.6 is 0 Å². The minimum absolute atomic E-state index is 0.0809. The van der Waals surface area contributed by atoms with E-state index in [1.807, 2.05) is 6.92 Å². The second-order valence-electron chi connectivity index (χ2n) is 3.20. The lowest BCUT2D eigenvalue weighted by Gasteiger charge is -2.14. The van der Waals surface area contributed by atoms with Crippen molar-refractivity contribution < 1.29 is 9.90 Å². The lowest BCUT2D eigenvalue weighted by atomic mass is 10.2. The van der Waals surface area contributed by atoms with Crippen LogP contribution < -0.4 is 11.1 Å². The van der Waals surface area contributed by atoms with Crippen LogP contribution in [0.5, 0.6) is 0 Å². The topological polar surface area (TPSA) is 88.2 Å². The number of aliphatic hydroxyl groups excluding tert-OH is 1. The molecule has 4 N–H and O–H groups in total. The van der Waals surface area contributed by atoms with Crippen molar-refractivity contribution in [2.75, 3.05) is 12.3 Å². The molecule has 5 heteroatoms. The summed E-state index contributed by atoms with van der Waals surface area (Å²) in [6, 6.07) is 3.00. The number of carbonyl (C=O) groups is 1. The smallest absolute Gasteiger partial charge is 0.255 e. The third-order valence-corrected chi connectivity index (χ3v) is 2.13. The molecule has 0 spiro atoms. The molecule has 1 atom stereocenters. The number of aromatic nitrogens is 1. The van der Waals surface area contributed by atoms with Gasteiger partial charge in [0.05, 0.1) is 18.2 Å². The molecule has 1 unspecified atom stereocenters. The molecule has 0 aromatic carbocycles. The standard InChI is InChI=1S/C10H15N3O2/c1-2-7(6-14)13-10(15)8-4-3-5-12-9(8)11/h3-5,7,14H,2,6H2,1H3,(H2,11,12)(H,13,15). The van der Waals surface area contributed by atoms with Crippen LogP contribution in [0.2, 0.25) is 0 Å². The van der Waals surface area contributed by atoms with E-state index in [0.717, 1.165) is 0 Å². The SMILES string of the molecule is CCC(CO)NC(=O)c1cccnc1N. The van der Waals surface area contributed by atoms with Crippen LogP contribution in [-0.2, 0) is 0 Å². The van der Waals surface area contributed by atoms with Gasteiger partial charge in [0.1, 0.15) is 5.82 Å². The zero-order chi connectivity index (χ0) is 11.3. The number of carbonyl (C=O) groups excluding carboxylic acids is 1. The van der Waals surface area contributed by atoms with E-state index in [9.17, 15) is 4.79 Å². The molecule has 1 aromatic heterocycles. The predicted molar refractivity (Wildman–Crippen MR) is 57.3 cm³/mol. The van der Waals surface area contributed by atoms with E-state index in [2.05, 4.69) is 10.3 Å². The Hall–Kier alpha value is -1.62. The summed E-state index contributed by atoms with van der Waals surface area (Å²) in [4.78, 5) is 15.5. The summed E-state index contributed by atoms with van der Waals surface area (Å²) in [6.07, 6.45) is 2.19. The molecule has 82 valence electrons. The normalized spacial score (nSPS) is 12.1. The van der Waals surface area contributed by atoms with Gasteiger partial charge in [-0.15, -0.1) is 0 Å². The highest BCUT2D eigenvalue weighted by atomic mass is 16.3. The van der Waals surface area contributed by atoms with Gasteiger partial charge in [-0.2, -0.15) is 0 Å². The number of pyridine rings is 1. The Balaban J connectivity index is 2.73. The van der Waals surface area contributed by atoms with Gasteiger partial charge in [-0.25, -0.2) is 4.98 Å². The third-order valence-electron chi connectivity index (χ3n) is 2.13. The van der Waals surface area contributed by atoms with E-state index in [1.54, 1.807) is 12.1 Å². The summed E-state index contributed by atoms with van der Waals surface area (Å²) >= 11 is 0. The van der Waals surface area contributed by atoms with Gasteiger partial charge in [0.15, 0.2) is 0 Å². The Labute approximate surface area is 88.3 Å². The summed E-state index contributed by atoms with van der Waals surface area (Å²) in [5, 5.41) is 11.6. The molecule has 15 heavy (non-hydrogen) atoms. The molecule has 0 aliphatic carbocycles. The van der Waals surface area contributed by atoms with E-state index in [0.29, 0.717) is 12.0 Å². The van der Waals surface area contributed by atoms with Crippen molar-refractivity contribution >= 4 is 11.7 Å². The second-order valence-corrected chi connectivity index (χ2v) is 3.20. The first-order valence-corrected chi connectivity index (χ1v) is 4.81. The Bertz CT molecular complexity index is 337. The molecule has 0 aliphatic rings. The maximum Gasteiger partial charge on any atom is 0.255 e. The highest BCUT2D eigenvalue weighted by Gasteiger charge is 2.13. The molecule has 0 bridgehead atoms. The maximum absolute atomic E-state index is 11.7. The highest BCUT2D eigenvalue weighted by molar-refractivity contribution is 5.98. The molecule has 1 amide bonds. The number of aliphatic hydroxyl groups is 1. The van der Waals surface area contributed by atoms with E-state index < -0.39 is 0 Å². The van der Waals surface area contributed by atoms with Gasteiger partial charge in [0.2, 0.25) is 0 Å². The third kappa shape index (κ3) is 2.92. The van der Waals surface area contributed by atoms with Gasteiger partial charge in [0.25, 0.3) is 5.91 Å². The number of nitrogens with zero attached hydrogens (tertiary/aromatic N) is 1. The maximum atomic E-state index is 11.7. The van der Waals surface area contributed by atoms with Crippen LogP contribution in [0.25, 0.3) is 0 Å². The van der Waals surface area contributed by atoms with Crippen LogP contribution in [0, 0.1) is 0 Å². The lowest BCUT2D eigenvalue weighted by molar-refractivity contribution is 0.0915. The quantitative estimate of drug-likeness (QED) is 0.659. The number of anilines is 1. The van der Waals surface area contributed by atoms with Crippen LogP contribution in [0.3, 0.4) is 0 Å². The van der Waals surface area contributed by atoms with Crippen LogP contribution in [0.15, 0.2) is 18.3 Å². The van der Waals surface area contributed by atoms with Crippen LogP contribution in [-0.4, -0.2) is 28.6 Å². The fraction of sp³-hybridized carbons (Fsp3) is 0.400. The van der Waals surface area contributed by atoms with Gasteiger partial charge in [-0.05, 0) is 18.6 Å². The molecular formula is C10H15N3O2. The number of nitrogens with one attached hydrogen (secondary N) is 1. The van der Waals surface area contributed by atoms with Crippen molar-refractivity contribution in [3.63, 3.8) is 0 Å². The lowest BCUT2D eigenvalue weighted by Crippen LogP contribution is -2.37. The van der Waals surface area contributed by atoms with E-state index in [1.165, 1.54) is 6.20 Å². The van der Waals surface area contributed by atoms with Gasteiger partial charge in [-0.3, -0.25) is 4.79 Å². The average Bonchev–Trinajstić information content (AvgIpc) is 2.26. The Kier molecular flexibility index (Phi) is 4.05. The first kappa shape index (κ1) is 11.5. The molecule has 0 fully saturated rings. The van der Waals surface area contributed by atoms with Gasteiger partial charge < -0.3 is 16.2 Å². The Morgan fingerprint density at radius 2 is 2.47 bits per heavy atom. The molecule has 1 heterocycles. The van der Waals surface area contributed by atoms with Gasteiger partial charge in [-0.1, -0.05) is 6.92 Å². The number of hydrogen-bond acceptors (Lipinski definition) is 4. The second kappa shape index (κ2) is 5.31. The number of nitrogens with two attached hydrogens (primary N) is 1. The zero-order valence-electron chi connectivity index (χ0n) is 8.60. The van der Waals surface area contributed by atoms with Crippen molar-refractivity contribution in [2.24, 2.45) is 0 Å². The number of hydrogen-bond donors (Lipinski definition) is 3. The van der Waals surface area contributed by atoms with Crippen LogP contribution in [0.1, 0.15) is 23.7 Å². The van der Waals surface area contributed by atoms with E-state index in [-0.39, 0.29) is 24.4 Å². The highest BCUT2D eigenvalue weighted by Crippen LogP contribution is 2.06. The van der Waals surface area contributed by atoms with Crippen LogP contribution in [0.4, 0.5) is 5.82 Å². The van der Waals surface area contributed by atoms with Crippen molar-refractivity contribution in [2.45, 2.75) is 19.4 Å². The molecular weight excluding hydrogens is 194 g/mol. The fourth-order valence-electron chi connectivity index (χ4n) is 1.15. The minimum Gasteiger partial charge on any atom is -0.394 e. The number of nitrogen functional groups attached to an aromatic ring is 1. The number of rotatable bonds is 4. The zero-order valence-corrected chi connectivity index (χ0v) is 8.60. The summed E-state index contributed by atoms with van der Waals surface area (Å²) in [5.74, 6) is -0.107. The molecule has 0 aliphatic heterocycles. The summed E-state index contributed by atoms with van der Waals surface area (Å²) in [6.45, 7) is 1.80. The predicted octanol–water partition coefficient (Wildman–Crippen LogP) is 0.165. The molecule has 1 rings (SSSR count). The molecule has 0 radical (unpaired) electrons. The van der Waals surface area contributed by atoms with E-state index >= 15 is 0 Å². The summed E-state index contributed by atoms with van der Waals surface area (Å²) < 4.78 is 0. The van der Waals surface area contributed by atoms with Crippen molar-refractivity contribution in [1.29, 1.82) is 0 Å². The largest absolute Gasteiger partial charge is 0.394 e. The van der Waals surface area contributed by atoms with Crippen molar-refractivity contribution in [1.82, 2.24) is 10.3 Å². The summed E-state index contributed by atoms with van der Waals surface area (Å²) in [5.41, 5.74) is 5.88. The average molecular weight is 209 g/mol. The van der Waals surface area contributed by atoms with Crippen molar-refractivity contribution in [3.8, 4) is 0 Å².